The molecule has 0 saturated heterocycles. The first-order valence-electron chi connectivity index (χ1n) is 24.1. The van der Waals surface area contributed by atoms with Gasteiger partial charge in [-0.15, -0.1) is 0 Å². The molecular formula is C47H95N2O6P. The van der Waals surface area contributed by atoms with Gasteiger partial charge in [0.15, 0.2) is 0 Å². The van der Waals surface area contributed by atoms with Crippen LogP contribution in [-0.4, -0.2) is 68.5 Å². The second-order valence-corrected chi connectivity index (χ2v) is 19.2. The first-order chi connectivity index (χ1) is 27.0. The Morgan fingerprint density at radius 2 is 0.964 bits per heavy atom. The molecule has 0 aromatic carbocycles. The number of aliphatic hydroxyl groups excluding tert-OH is 1. The smallest absolute Gasteiger partial charge is 0.268 e. The van der Waals surface area contributed by atoms with Gasteiger partial charge in [0.2, 0.25) is 5.91 Å². The van der Waals surface area contributed by atoms with E-state index in [1.807, 2.05) is 27.2 Å². The van der Waals surface area contributed by atoms with Crippen LogP contribution in [0.5, 0.6) is 0 Å². The lowest BCUT2D eigenvalue weighted by Gasteiger charge is -2.29. The molecule has 8 nitrogen and oxygen atoms in total. The van der Waals surface area contributed by atoms with Crippen LogP contribution in [0, 0.1) is 0 Å². The Morgan fingerprint density at radius 1 is 0.607 bits per heavy atom. The lowest BCUT2D eigenvalue weighted by molar-refractivity contribution is -0.870. The highest BCUT2D eigenvalue weighted by Crippen LogP contribution is 2.38. The zero-order chi connectivity index (χ0) is 41.4. The fourth-order valence-electron chi connectivity index (χ4n) is 7.15. The lowest BCUT2D eigenvalue weighted by atomic mass is 10.0. The number of hydrogen-bond donors (Lipinski definition) is 2. The van der Waals surface area contributed by atoms with E-state index in [9.17, 15) is 19.4 Å². The van der Waals surface area contributed by atoms with Crippen molar-refractivity contribution in [1.82, 2.24) is 5.32 Å². The van der Waals surface area contributed by atoms with Crippen molar-refractivity contribution in [2.45, 2.75) is 244 Å². The maximum absolute atomic E-state index is 12.8. The number of quaternary nitrogens is 1. The molecule has 0 heterocycles. The normalized spacial score (nSPS) is 14.3. The molecule has 0 radical (unpaired) electrons. The van der Waals surface area contributed by atoms with E-state index in [1.54, 1.807) is 6.08 Å². The van der Waals surface area contributed by atoms with E-state index in [4.69, 9.17) is 9.05 Å². The highest BCUT2D eigenvalue weighted by atomic mass is 31.2. The maximum atomic E-state index is 12.8. The molecular weight excluding hydrogens is 719 g/mol. The molecule has 0 aliphatic heterocycles. The van der Waals surface area contributed by atoms with Crippen molar-refractivity contribution in [2.75, 3.05) is 40.9 Å². The summed E-state index contributed by atoms with van der Waals surface area (Å²) < 4.78 is 23.1. The Hall–Kier alpha value is -0.760. The highest BCUT2D eigenvalue weighted by molar-refractivity contribution is 7.45. The third-order valence-electron chi connectivity index (χ3n) is 11.0. The molecule has 0 aromatic heterocycles. The van der Waals surface area contributed by atoms with E-state index in [0.29, 0.717) is 17.4 Å². The summed E-state index contributed by atoms with van der Waals surface area (Å²) in [6, 6.07) is -0.878. The number of phosphoric ester groups is 1. The van der Waals surface area contributed by atoms with Crippen LogP contribution in [0.25, 0.3) is 0 Å². The van der Waals surface area contributed by atoms with Gasteiger partial charge in [0.25, 0.3) is 7.82 Å². The van der Waals surface area contributed by atoms with E-state index in [2.05, 4.69) is 19.2 Å². The van der Waals surface area contributed by atoms with Crippen molar-refractivity contribution in [2.24, 2.45) is 0 Å². The van der Waals surface area contributed by atoms with E-state index < -0.39 is 20.0 Å². The van der Waals surface area contributed by atoms with Crippen LogP contribution >= 0.6 is 7.82 Å². The highest BCUT2D eigenvalue weighted by Gasteiger charge is 2.23. The van der Waals surface area contributed by atoms with Crippen LogP contribution in [0.15, 0.2) is 12.2 Å². The summed E-state index contributed by atoms with van der Waals surface area (Å²) in [7, 11) is 1.27. The molecule has 0 aliphatic carbocycles. The van der Waals surface area contributed by atoms with Gasteiger partial charge in [0.1, 0.15) is 13.2 Å². The van der Waals surface area contributed by atoms with E-state index in [-0.39, 0.29) is 19.1 Å². The lowest BCUT2D eigenvalue weighted by Crippen LogP contribution is -2.45. The van der Waals surface area contributed by atoms with Crippen molar-refractivity contribution < 1.29 is 32.9 Å². The van der Waals surface area contributed by atoms with Crippen LogP contribution in [-0.2, 0) is 18.4 Å². The Balaban J connectivity index is 4.02. The number of amides is 1. The van der Waals surface area contributed by atoms with Crippen LogP contribution in [0.4, 0.5) is 0 Å². The number of rotatable bonds is 44. The fraction of sp³-hybridized carbons (Fsp3) is 0.936. The third-order valence-corrected chi connectivity index (χ3v) is 12.0. The number of hydrogen-bond acceptors (Lipinski definition) is 6. The minimum absolute atomic E-state index is 0.00161. The molecule has 2 N–H and O–H groups in total. The summed E-state index contributed by atoms with van der Waals surface area (Å²) in [6.45, 7) is 4.62. The number of carbonyl (C=O) groups is 1. The first-order valence-corrected chi connectivity index (χ1v) is 25.5. The molecule has 0 rings (SSSR count). The van der Waals surface area contributed by atoms with Crippen LogP contribution in [0.1, 0.15) is 232 Å². The molecule has 0 fully saturated rings. The summed E-state index contributed by atoms with van der Waals surface area (Å²) in [6.07, 6.45) is 45.8. The number of carbonyl (C=O) groups excluding carboxylic acids is 1. The zero-order valence-corrected chi connectivity index (χ0v) is 38.7. The first kappa shape index (κ1) is 55.2. The second-order valence-electron chi connectivity index (χ2n) is 17.8. The molecule has 3 atom stereocenters. The fourth-order valence-corrected chi connectivity index (χ4v) is 7.88. The molecule has 0 aliphatic rings. The molecule has 0 saturated carbocycles. The summed E-state index contributed by atoms with van der Waals surface area (Å²) in [5, 5.41) is 13.7. The van der Waals surface area contributed by atoms with E-state index in [0.717, 1.165) is 38.5 Å². The number of likely N-dealkylation sites (N-methyl/N-ethyl adjacent to an activating group) is 1. The third kappa shape index (κ3) is 41.4. The van der Waals surface area contributed by atoms with Crippen molar-refractivity contribution in [3.8, 4) is 0 Å². The van der Waals surface area contributed by atoms with Crippen molar-refractivity contribution >= 4 is 13.7 Å². The zero-order valence-electron chi connectivity index (χ0n) is 37.9. The maximum Gasteiger partial charge on any atom is 0.268 e. The Labute approximate surface area is 348 Å². The Bertz CT molecular complexity index is 927. The average molecular weight is 815 g/mol. The van der Waals surface area contributed by atoms with Crippen LogP contribution in [0.3, 0.4) is 0 Å². The van der Waals surface area contributed by atoms with Gasteiger partial charge < -0.3 is 28.8 Å². The molecule has 334 valence electrons. The molecule has 3 unspecified atom stereocenters. The number of aliphatic hydroxyl groups is 1. The topological polar surface area (TPSA) is 108 Å². The quantitative estimate of drug-likeness (QED) is 0.0274. The summed E-state index contributed by atoms with van der Waals surface area (Å²) in [5.41, 5.74) is 0. The molecule has 0 bridgehead atoms. The molecule has 1 amide bonds. The molecule has 0 aromatic rings. The van der Waals surface area contributed by atoms with Gasteiger partial charge in [-0.1, -0.05) is 219 Å². The number of phosphoric acid groups is 1. The summed E-state index contributed by atoms with van der Waals surface area (Å²) >= 11 is 0. The van der Waals surface area contributed by atoms with Crippen molar-refractivity contribution in [3.63, 3.8) is 0 Å². The Kier molecular flexibility index (Phi) is 39.1. The van der Waals surface area contributed by atoms with Gasteiger partial charge in [-0.3, -0.25) is 9.36 Å². The number of allylic oxidation sites excluding steroid dienone is 1. The number of nitrogens with one attached hydrogen (secondary N) is 1. The summed E-state index contributed by atoms with van der Waals surface area (Å²) in [5.74, 6) is -0.196. The summed E-state index contributed by atoms with van der Waals surface area (Å²) in [4.78, 5) is 25.2. The van der Waals surface area contributed by atoms with E-state index in [1.165, 1.54) is 173 Å². The van der Waals surface area contributed by atoms with Gasteiger partial charge in [0, 0.05) is 6.42 Å². The van der Waals surface area contributed by atoms with Gasteiger partial charge in [0.05, 0.1) is 39.9 Å². The van der Waals surface area contributed by atoms with Gasteiger partial charge >= 0.3 is 0 Å². The average Bonchev–Trinajstić information content (AvgIpc) is 3.15. The largest absolute Gasteiger partial charge is 0.756 e. The Morgan fingerprint density at radius 3 is 1.34 bits per heavy atom. The predicted octanol–water partition coefficient (Wildman–Crippen LogP) is 12.9. The van der Waals surface area contributed by atoms with Gasteiger partial charge in [-0.25, -0.2) is 0 Å². The second kappa shape index (κ2) is 39.7. The standard InChI is InChI=1S/C47H95N2O6P/c1-6-8-10-12-14-16-17-18-19-20-21-22-23-24-25-26-27-28-29-30-31-32-33-35-37-39-41-47(51)48-45(44-55-56(52,53)54-43-42-49(3,4)5)46(50)40-38-36-34-15-13-11-9-7-2/h38,40,45-46,50H,6-37,39,41-44H2,1-5H3,(H-,48,51,52,53)/b40-38+. The monoisotopic (exact) mass is 815 g/mol. The minimum atomic E-state index is -4.57. The van der Waals surface area contributed by atoms with Crippen molar-refractivity contribution in [3.05, 3.63) is 12.2 Å². The molecule has 56 heavy (non-hydrogen) atoms. The van der Waals surface area contributed by atoms with Crippen LogP contribution < -0.4 is 10.2 Å². The SMILES string of the molecule is CCCCCCCC/C=C/C(O)C(COP(=O)([O-])OCC[N+](C)(C)C)NC(=O)CCCCCCCCCCCCCCCCCCCCCCCCCCCC. The van der Waals surface area contributed by atoms with Gasteiger partial charge in [-0.2, -0.15) is 0 Å². The number of unbranched alkanes of at least 4 members (excludes halogenated alkanes) is 31. The molecule has 9 heteroatoms. The van der Waals surface area contributed by atoms with E-state index >= 15 is 0 Å². The predicted molar refractivity (Wildman–Crippen MR) is 238 cm³/mol. The van der Waals surface area contributed by atoms with Crippen LogP contribution in [0.2, 0.25) is 0 Å². The van der Waals surface area contributed by atoms with Crippen molar-refractivity contribution in [1.29, 1.82) is 0 Å². The molecule has 0 spiro atoms. The van der Waals surface area contributed by atoms with Gasteiger partial charge in [-0.05, 0) is 19.3 Å². The minimum Gasteiger partial charge on any atom is -0.756 e. The number of nitrogens with zero attached hydrogens (tertiary/aromatic N) is 1.